The number of fused-ring (bicyclic) bond motifs is 1. The van der Waals surface area contributed by atoms with Gasteiger partial charge in [0.15, 0.2) is 23.0 Å². The van der Waals surface area contributed by atoms with Crippen LogP contribution in [0.2, 0.25) is 0 Å². The van der Waals surface area contributed by atoms with Crippen LogP contribution in [-0.2, 0) is 0 Å². The van der Waals surface area contributed by atoms with Gasteiger partial charge in [-0.2, -0.15) is 0 Å². The smallest absolute Gasteiger partial charge is 0.417 e. The number of carboxylic acid groups (broad SMARTS) is 1. The van der Waals surface area contributed by atoms with E-state index < -0.39 is 11.9 Å². The molecule has 0 unspecified atom stereocenters. The maximum Gasteiger partial charge on any atom is 0.417 e. The molecule has 7 heteroatoms. The van der Waals surface area contributed by atoms with Crippen molar-refractivity contribution in [1.82, 2.24) is 0 Å². The van der Waals surface area contributed by atoms with Gasteiger partial charge in [0.05, 0.1) is 6.42 Å². The topological polar surface area (TPSA) is 105 Å². The summed E-state index contributed by atoms with van der Waals surface area (Å²) < 4.78 is 18.1. The number of hydrogen-bond donors (Lipinski definition) is 3. The first-order chi connectivity index (χ1) is 15.9. The molecule has 4 rings (SSSR count). The summed E-state index contributed by atoms with van der Waals surface area (Å²) >= 11 is 0. The van der Waals surface area contributed by atoms with E-state index in [-0.39, 0.29) is 40.7 Å². The predicted octanol–water partition coefficient (Wildman–Crippen LogP) is 5.55. The number of carboxylic acids is 1. The second-order valence-corrected chi connectivity index (χ2v) is 7.24. The van der Waals surface area contributed by atoms with Crippen LogP contribution >= 0.6 is 0 Å². The van der Waals surface area contributed by atoms with Crippen LogP contribution in [-0.4, -0.2) is 27.3 Å². The van der Waals surface area contributed by atoms with Gasteiger partial charge < -0.3 is 29.5 Å². The van der Waals surface area contributed by atoms with E-state index in [4.69, 9.17) is 14.2 Å². The third-order valence-electron chi connectivity index (χ3n) is 5.06. The third kappa shape index (κ3) is 4.48. The summed E-state index contributed by atoms with van der Waals surface area (Å²) in [5, 5.41) is 31.7. The highest BCUT2D eigenvalue weighted by Gasteiger charge is 2.39. The summed E-state index contributed by atoms with van der Waals surface area (Å²) in [4.78, 5) is 12.2. The van der Waals surface area contributed by atoms with E-state index in [0.29, 0.717) is 5.39 Å². The van der Waals surface area contributed by atoms with Gasteiger partial charge in [-0.05, 0) is 41.1 Å². The lowest BCUT2D eigenvalue weighted by Gasteiger charge is -2.34. The molecule has 0 saturated carbocycles. The zero-order valence-electron chi connectivity index (χ0n) is 17.8. The average Bonchev–Trinajstić information content (AvgIpc) is 2.81. The van der Waals surface area contributed by atoms with Crippen molar-refractivity contribution in [1.29, 1.82) is 0 Å². The minimum atomic E-state index is -1.91. The summed E-state index contributed by atoms with van der Waals surface area (Å²) in [5.41, 5.74) is -0.0623. The van der Waals surface area contributed by atoms with Gasteiger partial charge in [0.25, 0.3) is 0 Å². The molecule has 0 aliphatic carbocycles. The summed E-state index contributed by atoms with van der Waals surface area (Å²) in [6, 6.07) is 22.8. The van der Waals surface area contributed by atoms with Crippen LogP contribution < -0.4 is 14.2 Å². The first-order valence-electron chi connectivity index (χ1n) is 10.3. The molecular weight excluding hydrogens is 424 g/mol. The highest BCUT2D eigenvalue weighted by atomic mass is 16.9. The number of carbonyl (C=O) groups is 1. The maximum atomic E-state index is 12.2. The lowest BCUT2D eigenvalue weighted by molar-refractivity contribution is -0.254. The summed E-state index contributed by atoms with van der Waals surface area (Å²) in [7, 11) is 0. The van der Waals surface area contributed by atoms with Crippen LogP contribution in [0.1, 0.15) is 23.7 Å². The zero-order valence-corrected chi connectivity index (χ0v) is 17.8. The molecule has 0 spiro atoms. The van der Waals surface area contributed by atoms with Crippen LogP contribution in [0, 0.1) is 0 Å². The molecule has 0 bridgehead atoms. The Bertz CT molecular complexity index is 1250. The van der Waals surface area contributed by atoms with Crippen LogP contribution in [0.15, 0.2) is 84.9 Å². The number of hydrogen-bond acceptors (Lipinski definition) is 6. The Morgan fingerprint density at radius 2 is 1.24 bits per heavy atom. The molecule has 0 aliphatic heterocycles. The Morgan fingerprint density at radius 1 is 0.727 bits per heavy atom. The fraction of sp³-hybridized carbons (Fsp3) is 0.115. The van der Waals surface area contributed by atoms with Crippen molar-refractivity contribution >= 4 is 16.7 Å². The first-order valence-corrected chi connectivity index (χ1v) is 10.3. The lowest BCUT2D eigenvalue weighted by Crippen LogP contribution is -2.48. The van der Waals surface area contributed by atoms with Crippen molar-refractivity contribution in [2.75, 3.05) is 0 Å². The van der Waals surface area contributed by atoms with E-state index in [2.05, 4.69) is 0 Å². The van der Waals surface area contributed by atoms with E-state index in [1.54, 1.807) is 55.5 Å². The number of ether oxygens (including phenoxy) is 3. The fourth-order valence-corrected chi connectivity index (χ4v) is 3.43. The van der Waals surface area contributed by atoms with Crippen molar-refractivity contribution < 1.29 is 34.3 Å². The largest absolute Gasteiger partial charge is 0.504 e. The molecule has 0 radical (unpaired) electrons. The van der Waals surface area contributed by atoms with Gasteiger partial charge in [0, 0.05) is 0 Å². The monoisotopic (exact) mass is 446 g/mol. The Labute approximate surface area is 190 Å². The minimum absolute atomic E-state index is 0.00823. The second-order valence-electron chi connectivity index (χ2n) is 7.24. The Hall–Kier alpha value is -4.39. The Morgan fingerprint density at radius 3 is 1.79 bits per heavy atom. The number of phenolic OH excluding ortho intramolecular Hbond substituents is 2. The standard InChI is InChI=1S/C26H22O7/c1-2-26(31-21-13-7-5-11-19(21)27,32-22-14-8-6-12-20(22)28)33-23-16-15-17-9-3-4-10-18(17)24(23)25(29)30/h3-16,27-28H,2H2,1H3,(H,29,30). The van der Waals surface area contributed by atoms with Gasteiger partial charge in [0.1, 0.15) is 11.3 Å². The molecular formula is C26H22O7. The second kappa shape index (κ2) is 9.00. The molecule has 0 aliphatic rings. The summed E-state index contributed by atoms with van der Waals surface area (Å²) in [6.45, 7) is 1.71. The Kier molecular flexibility index (Phi) is 5.95. The molecule has 0 heterocycles. The van der Waals surface area contributed by atoms with Crippen molar-refractivity contribution in [3.8, 4) is 28.7 Å². The summed E-state index contributed by atoms with van der Waals surface area (Å²) in [6.07, 6.45) is 0.0710. The zero-order chi connectivity index (χ0) is 23.4. The van der Waals surface area contributed by atoms with Crippen LogP contribution in [0.3, 0.4) is 0 Å². The minimum Gasteiger partial charge on any atom is -0.504 e. The molecule has 4 aromatic rings. The molecule has 4 aromatic carbocycles. The third-order valence-corrected chi connectivity index (χ3v) is 5.06. The molecule has 0 amide bonds. The van der Waals surface area contributed by atoms with Gasteiger partial charge in [0.2, 0.25) is 0 Å². The van der Waals surface area contributed by atoms with Gasteiger partial charge >= 0.3 is 11.9 Å². The van der Waals surface area contributed by atoms with Crippen LogP contribution in [0.25, 0.3) is 10.8 Å². The number of para-hydroxylation sites is 4. The van der Waals surface area contributed by atoms with Gasteiger partial charge in [-0.15, -0.1) is 0 Å². The predicted molar refractivity (Wildman–Crippen MR) is 122 cm³/mol. The van der Waals surface area contributed by atoms with E-state index in [1.807, 2.05) is 6.07 Å². The van der Waals surface area contributed by atoms with Gasteiger partial charge in [-0.1, -0.05) is 61.5 Å². The van der Waals surface area contributed by atoms with Gasteiger partial charge in [-0.25, -0.2) is 4.79 Å². The van der Waals surface area contributed by atoms with E-state index in [1.165, 1.54) is 30.3 Å². The van der Waals surface area contributed by atoms with Crippen molar-refractivity contribution in [3.05, 3.63) is 90.5 Å². The van der Waals surface area contributed by atoms with E-state index in [0.717, 1.165) is 5.39 Å². The first kappa shape index (κ1) is 21.8. The van der Waals surface area contributed by atoms with E-state index in [9.17, 15) is 20.1 Å². The van der Waals surface area contributed by atoms with Crippen molar-refractivity contribution in [3.63, 3.8) is 0 Å². The van der Waals surface area contributed by atoms with Crippen LogP contribution in [0.5, 0.6) is 28.7 Å². The average molecular weight is 446 g/mol. The summed E-state index contributed by atoms with van der Waals surface area (Å²) in [5.74, 6) is -3.27. The molecule has 0 atom stereocenters. The fourth-order valence-electron chi connectivity index (χ4n) is 3.43. The number of aromatic hydroxyl groups is 2. The molecule has 0 fully saturated rings. The quantitative estimate of drug-likeness (QED) is 0.305. The number of phenols is 2. The molecule has 33 heavy (non-hydrogen) atoms. The number of rotatable bonds is 8. The molecule has 3 N–H and O–H groups in total. The lowest BCUT2D eigenvalue weighted by atomic mass is 10.0. The van der Waals surface area contributed by atoms with Crippen molar-refractivity contribution in [2.24, 2.45) is 0 Å². The number of aromatic carboxylic acids is 1. The maximum absolute atomic E-state index is 12.2. The van der Waals surface area contributed by atoms with E-state index >= 15 is 0 Å². The van der Waals surface area contributed by atoms with Gasteiger partial charge in [-0.3, -0.25) is 0 Å². The number of benzene rings is 4. The SMILES string of the molecule is CCC(Oc1ccccc1O)(Oc1ccccc1O)Oc1ccc2ccccc2c1C(=O)O. The highest BCUT2D eigenvalue weighted by Crippen LogP contribution is 2.38. The molecule has 0 aromatic heterocycles. The van der Waals surface area contributed by atoms with Crippen molar-refractivity contribution in [2.45, 2.75) is 19.3 Å². The van der Waals surface area contributed by atoms with Crippen LogP contribution in [0.4, 0.5) is 0 Å². The molecule has 168 valence electrons. The molecule has 0 saturated heterocycles. The molecule has 7 nitrogen and oxygen atoms in total. The normalized spacial score (nSPS) is 11.2. The highest BCUT2D eigenvalue weighted by molar-refractivity contribution is 6.06. The Balaban J connectivity index is 1.84.